The first kappa shape index (κ1) is 15.3. The minimum Gasteiger partial charge on any atom is -0.481 e. The molecule has 1 saturated heterocycles. The van der Waals surface area contributed by atoms with E-state index in [-0.39, 0.29) is 18.4 Å². The van der Waals surface area contributed by atoms with E-state index in [4.69, 9.17) is 0 Å². The van der Waals surface area contributed by atoms with Gasteiger partial charge in [0.15, 0.2) is 0 Å². The maximum Gasteiger partial charge on any atom is 0.311 e. The van der Waals surface area contributed by atoms with E-state index in [1.165, 1.54) is 6.08 Å². The molecule has 0 bridgehead atoms. The molecule has 21 heavy (non-hydrogen) atoms. The summed E-state index contributed by atoms with van der Waals surface area (Å²) >= 11 is 0. The zero-order chi connectivity index (χ0) is 15.5. The normalized spacial score (nSPS) is 22.1. The lowest BCUT2D eigenvalue weighted by atomic mass is 9.76. The molecule has 1 N–H and O–H groups in total. The zero-order valence-corrected chi connectivity index (χ0v) is 12.5. The molecule has 1 aromatic carbocycles. The van der Waals surface area contributed by atoms with Crippen LogP contribution < -0.4 is 0 Å². The highest BCUT2D eigenvalue weighted by Gasteiger charge is 2.48. The van der Waals surface area contributed by atoms with Crippen molar-refractivity contribution >= 4 is 18.0 Å². The fourth-order valence-electron chi connectivity index (χ4n) is 2.75. The highest BCUT2D eigenvalue weighted by atomic mass is 16.4. The van der Waals surface area contributed by atoms with Crippen molar-refractivity contribution in [1.29, 1.82) is 0 Å². The van der Waals surface area contributed by atoms with Crippen LogP contribution in [0.5, 0.6) is 0 Å². The van der Waals surface area contributed by atoms with E-state index in [2.05, 4.69) is 0 Å². The van der Waals surface area contributed by atoms with Gasteiger partial charge in [0.1, 0.15) is 0 Å². The van der Waals surface area contributed by atoms with E-state index in [9.17, 15) is 14.7 Å². The Labute approximate surface area is 125 Å². The number of nitrogens with zero attached hydrogens (tertiary/aromatic N) is 1. The Balaban J connectivity index is 2.06. The molecule has 4 nitrogen and oxygen atoms in total. The van der Waals surface area contributed by atoms with E-state index >= 15 is 0 Å². The van der Waals surface area contributed by atoms with Gasteiger partial charge in [-0.05, 0) is 24.0 Å². The number of hydrogen-bond acceptors (Lipinski definition) is 2. The first-order chi connectivity index (χ1) is 9.95. The lowest BCUT2D eigenvalue weighted by Gasteiger charge is -2.28. The molecule has 0 aromatic heterocycles. The van der Waals surface area contributed by atoms with E-state index in [0.717, 1.165) is 5.56 Å². The molecule has 0 aliphatic carbocycles. The van der Waals surface area contributed by atoms with Crippen molar-refractivity contribution in [2.75, 3.05) is 13.1 Å². The highest BCUT2D eigenvalue weighted by molar-refractivity contribution is 5.92. The number of likely N-dealkylation sites (tertiary alicyclic amines) is 1. The summed E-state index contributed by atoms with van der Waals surface area (Å²) in [6.07, 6.45) is 3.80. The Bertz CT molecular complexity index is 550. The van der Waals surface area contributed by atoms with Crippen LogP contribution in [-0.2, 0) is 9.59 Å². The molecule has 1 aliphatic heterocycles. The van der Waals surface area contributed by atoms with Gasteiger partial charge in [0.25, 0.3) is 0 Å². The van der Waals surface area contributed by atoms with Gasteiger partial charge < -0.3 is 10.0 Å². The average Bonchev–Trinajstić information content (AvgIpc) is 2.92. The van der Waals surface area contributed by atoms with Crippen LogP contribution in [0.3, 0.4) is 0 Å². The van der Waals surface area contributed by atoms with Gasteiger partial charge in [-0.2, -0.15) is 0 Å². The highest BCUT2D eigenvalue weighted by Crippen LogP contribution is 2.38. The molecule has 1 unspecified atom stereocenters. The molecule has 1 heterocycles. The van der Waals surface area contributed by atoms with Gasteiger partial charge in [0, 0.05) is 19.2 Å². The molecule has 1 fully saturated rings. The van der Waals surface area contributed by atoms with Gasteiger partial charge in [-0.25, -0.2) is 0 Å². The Kier molecular flexibility index (Phi) is 4.46. The van der Waals surface area contributed by atoms with Crippen LogP contribution in [0.4, 0.5) is 0 Å². The molecular formula is C17H21NO3. The topological polar surface area (TPSA) is 57.6 Å². The molecule has 0 saturated carbocycles. The predicted molar refractivity (Wildman–Crippen MR) is 81.6 cm³/mol. The molecule has 1 amide bonds. The molecule has 0 spiro atoms. The summed E-state index contributed by atoms with van der Waals surface area (Å²) in [4.78, 5) is 25.4. The smallest absolute Gasteiger partial charge is 0.311 e. The lowest BCUT2D eigenvalue weighted by Crippen LogP contribution is -2.40. The van der Waals surface area contributed by atoms with Gasteiger partial charge >= 0.3 is 5.97 Å². The van der Waals surface area contributed by atoms with Crippen LogP contribution in [0.25, 0.3) is 6.08 Å². The molecule has 1 atom stereocenters. The van der Waals surface area contributed by atoms with Crippen molar-refractivity contribution in [3.05, 3.63) is 42.0 Å². The summed E-state index contributed by atoms with van der Waals surface area (Å²) in [5.41, 5.74) is 0.148. The largest absolute Gasteiger partial charge is 0.481 e. The maximum absolute atomic E-state index is 12.2. The zero-order valence-electron chi connectivity index (χ0n) is 12.5. The van der Waals surface area contributed by atoms with Gasteiger partial charge in [-0.15, -0.1) is 0 Å². The summed E-state index contributed by atoms with van der Waals surface area (Å²) in [5.74, 6) is -0.923. The summed E-state index contributed by atoms with van der Waals surface area (Å²) in [6, 6.07) is 9.58. The standard InChI is InChI=1S/C17H21NO3/c1-13(2)17(16(20)21)10-11-18(12-17)15(19)9-8-14-6-4-3-5-7-14/h3-9,13H,10-12H2,1-2H3,(H,20,21)/b9-8+. The number of amides is 1. The number of hydrogen-bond donors (Lipinski definition) is 1. The first-order valence-electron chi connectivity index (χ1n) is 7.21. The Morgan fingerprint density at radius 1 is 1.29 bits per heavy atom. The molecular weight excluding hydrogens is 266 g/mol. The van der Waals surface area contributed by atoms with E-state index in [1.807, 2.05) is 44.2 Å². The van der Waals surface area contributed by atoms with Crippen LogP contribution in [-0.4, -0.2) is 35.0 Å². The third kappa shape index (κ3) is 3.15. The number of carboxylic acid groups (broad SMARTS) is 1. The van der Waals surface area contributed by atoms with Crippen LogP contribution in [0.15, 0.2) is 36.4 Å². The molecule has 4 heteroatoms. The third-order valence-corrected chi connectivity index (χ3v) is 4.36. The molecule has 1 aromatic rings. The van der Waals surface area contributed by atoms with Crippen molar-refractivity contribution < 1.29 is 14.7 Å². The lowest BCUT2D eigenvalue weighted by molar-refractivity contribution is -0.151. The maximum atomic E-state index is 12.2. The predicted octanol–water partition coefficient (Wildman–Crippen LogP) is 2.66. The van der Waals surface area contributed by atoms with E-state index in [1.54, 1.807) is 11.0 Å². The number of carboxylic acids is 1. The number of benzene rings is 1. The van der Waals surface area contributed by atoms with Crippen LogP contribution >= 0.6 is 0 Å². The summed E-state index contributed by atoms with van der Waals surface area (Å²) in [5, 5.41) is 9.49. The number of carbonyl (C=O) groups excluding carboxylic acids is 1. The van der Waals surface area contributed by atoms with Gasteiger partial charge in [-0.3, -0.25) is 9.59 Å². The number of carbonyl (C=O) groups is 2. The Morgan fingerprint density at radius 3 is 2.48 bits per heavy atom. The molecule has 2 rings (SSSR count). The molecule has 0 radical (unpaired) electrons. The second-order valence-electron chi connectivity index (χ2n) is 5.87. The fourth-order valence-corrected chi connectivity index (χ4v) is 2.75. The second-order valence-corrected chi connectivity index (χ2v) is 5.87. The van der Waals surface area contributed by atoms with Crippen molar-refractivity contribution in [3.63, 3.8) is 0 Å². The van der Waals surface area contributed by atoms with E-state index < -0.39 is 11.4 Å². The second kappa shape index (κ2) is 6.12. The summed E-state index contributed by atoms with van der Waals surface area (Å²) in [7, 11) is 0. The number of aliphatic carboxylic acids is 1. The van der Waals surface area contributed by atoms with Crippen molar-refractivity contribution in [1.82, 2.24) is 4.90 Å². The minimum atomic E-state index is -0.809. The van der Waals surface area contributed by atoms with Gasteiger partial charge in [0.2, 0.25) is 5.91 Å². The minimum absolute atomic E-state index is 0.00547. The monoisotopic (exact) mass is 287 g/mol. The Hall–Kier alpha value is -2.10. The van der Waals surface area contributed by atoms with Crippen molar-refractivity contribution in [2.24, 2.45) is 11.3 Å². The Morgan fingerprint density at radius 2 is 1.95 bits per heavy atom. The number of rotatable bonds is 4. The van der Waals surface area contributed by atoms with E-state index in [0.29, 0.717) is 13.0 Å². The van der Waals surface area contributed by atoms with Gasteiger partial charge in [-0.1, -0.05) is 44.2 Å². The van der Waals surface area contributed by atoms with Crippen molar-refractivity contribution in [2.45, 2.75) is 20.3 Å². The first-order valence-corrected chi connectivity index (χ1v) is 7.21. The SMILES string of the molecule is CC(C)C1(C(=O)O)CCN(C(=O)/C=C/c2ccccc2)C1. The third-order valence-electron chi connectivity index (χ3n) is 4.36. The quantitative estimate of drug-likeness (QED) is 0.866. The summed E-state index contributed by atoms with van der Waals surface area (Å²) in [6.45, 7) is 4.60. The van der Waals surface area contributed by atoms with Crippen LogP contribution in [0.2, 0.25) is 0 Å². The molecule has 1 aliphatic rings. The van der Waals surface area contributed by atoms with Gasteiger partial charge in [0.05, 0.1) is 5.41 Å². The molecule has 112 valence electrons. The van der Waals surface area contributed by atoms with Crippen LogP contribution in [0.1, 0.15) is 25.8 Å². The summed E-state index contributed by atoms with van der Waals surface area (Å²) < 4.78 is 0. The average molecular weight is 287 g/mol. The van der Waals surface area contributed by atoms with Crippen LogP contribution in [0, 0.1) is 11.3 Å². The van der Waals surface area contributed by atoms with Crippen molar-refractivity contribution in [3.8, 4) is 0 Å². The fraction of sp³-hybridized carbons (Fsp3) is 0.412.